The summed E-state index contributed by atoms with van der Waals surface area (Å²) >= 11 is 1.50. The fraction of sp³-hybridized carbons (Fsp3) is 0.375. The minimum atomic E-state index is -4.29. The number of anilines is 1. The van der Waals surface area contributed by atoms with Crippen molar-refractivity contribution in [3.8, 4) is 0 Å². The highest BCUT2D eigenvalue weighted by Crippen LogP contribution is 2.30. The molecule has 2 aromatic rings. The zero-order chi connectivity index (χ0) is 16.3. The van der Waals surface area contributed by atoms with Crippen LogP contribution in [0.5, 0.6) is 0 Å². The summed E-state index contributed by atoms with van der Waals surface area (Å²) in [7, 11) is 0. The van der Waals surface area contributed by atoms with Gasteiger partial charge in [0.15, 0.2) is 0 Å². The van der Waals surface area contributed by atoms with Gasteiger partial charge in [-0.3, -0.25) is 0 Å². The average molecular weight is 339 g/mol. The van der Waals surface area contributed by atoms with E-state index < -0.39 is 11.7 Å². The van der Waals surface area contributed by atoms with Gasteiger partial charge in [0, 0.05) is 24.9 Å². The van der Waals surface area contributed by atoms with Crippen molar-refractivity contribution in [1.82, 2.24) is 9.97 Å². The van der Waals surface area contributed by atoms with Crippen LogP contribution in [0, 0.1) is 0 Å². The predicted molar refractivity (Wildman–Crippen MR) is 84.5 cm³/mol. The van der Waals surface area contributed by atoms with Gasteiger partial charge in [-0.05, 0) is 30.5 Å². The van der Waals surface area contributed by atoms with Crippen LogP contribution in [-0.2, 0) is 11.9 Å². The van der Waals surface area contributed by atoms with E-state index >= 15 is 0 Å². The van der Waals surface area contributed by atoms with Crippen molar-refractivity contribution in [3.05, 3.63) is 47.8 Å². The Morgan fingerprint density at radius 1 is 1.04 bits per heavy atom. The van der Waals surface area contributed by atoms with Gasteiger partial charge >= 0.3 is 6.18 Å². The predicted octanol–water partition coefficient (Wildman–Crippen LogP) is 4.39. The fourth-order valence-corrected chi connectivity index (χ4v) is 3.29. The van der Waals surface area contributed by atoms with Gasteiger partial charge in [0.25, 0.3) is 0 Å². The van der Waals surface area contributed by atoms with Gasteiger partial charge in [-0.15, -0.1) is 11.8 Å². The Morgan fingerprint density at radius 2 is 1.74 bits per heavy atom. The van der Waals surface area contributed by atoms with Gasteiger partial charge < -0.3 is 4.90 Å². The van der Waals surface area contributed by atoms with Crippen LogP contribution in [0.2, 0.25) is 0 Å². The molecule has 1 aliphatic rings. The van der Waals surface area contributed by atoms with E-state index in [4.69, 9.17) is 0 Å². The Kier molecular flexibility index (Phi) is 4.75. The largest absolute Gasteiger partial charge is 0.416 e. The molecular formula is C16H16F3N3S. The van der Waals surface area contributed by atoms with Gasteiger partial charge in [-0.25, -0.2) is 9.97 Å². The molecule has 0 saturated carbocycles. The van der Waals surface area contributed by atoms with Gasteiger partial charge in [0.1, 0.15) is 17.2 Å². The summed E-state index contributed by atoms with van der Waals surface area (Å²) in [5.74, 6) is 1.50. The van der Waals surface area contributed by atoms with Crippen LogP contribution in [0.25, 0.3) is 0 Å². The van der Waals surface area contributed by atoms with Gasteiger partial charge in [-0.1, -0.05) is 12.1 Å². The second-order valence-electron chi connectivity index (χ2n) is 5.39. The first-order valence-electron chi connectivity index (χ1n) is 7.38. The summed E-state index contributed by atoms with van der Waals surface area (Å²) in [4.78, 5) is 10.7. The quantitative estimate of drug-likeness (QED) is 0.610. The van der Waals surface area contributed by atoms with Gasteiger partial charge in [-0.2, -0.15) is 13.2 Å². The second-order valence-corrected chi connectivity index (χ2v) is 6.39. The summed E-state index contributed by atoms with van der Waals surface area (Å²) in [5, 5.41) is 0.835. The summed E-state index contributed by atoms with van der Waals surface area (Å²) in [6.07, 6.45) is -0.387. The molecule has 0 unspecified atom stereocenters. The molecule has 122 valence electrons. The molecule has 1 aromatic heterocycles. The molecule has 0 spiro atoms. The molecule has 1 fully saturated rings. The third-order valence-electron chi connectivity index (χ3n) is 3.73. The van der Waals surface area contributed by atoms with E-state index in [0.29, 0.717) is 5.75 Å². The van der Waals surface area contributed by atoms with Crippen LogP contribution in [0.4, 0.5) is 19.0 Å². The fourth-order valence-electron chi connectivity index (χ4n) is 2.48. The summed E-state index contributed by atoms with van der Waals surface area (Å²) in [6.45, 7) is 2.03. The van der Waals surface area contributed by atoms with Crippen LogP contribution in [-0.4, -0.2) is 23.1 Å². The van der Waals surface area contributed by atoms with Crippen molar-refractivity contribution in [1.29, 1.82) is 0 Å². The molecule has 0 aliphatic carbocycles. The highest BCUT2D eigenvalue weighted by molar-refractivity contribution is 7.98. The number of hydrogen-bond acceptors (Lipinski definition) is 4. The number of rotatable bonds is 4. The SMILES string of the molecule is FC(F)(F)c1ccc(CSc2cc(N3CCCC3)ncn2)cc1. The van der Waals surface area contributed by atoms with E-state index in [-0.39, 0.29) is 0 Å². The van der Waals surface area contributed by atoms with E-state index in [2.05, 4.69) is 14.9 Å². The highest BCUT2D eigenvalue weighted by Gasteiger charge is 2.29. The Morgan fingerprint density at radius 3 is 2.39 bits per heavy atom. The Labute approximate surface area is 136 Å². The minimum Gasteiger partial charge on any atom is -0.356 e. The molecule has 1 aromatic carbocycles. The molecule has 0 radical (unpaired) electrons. The molecule has 23 heavy (non-hydrogen) atoms. The number of benzene rings is 1. The lowest BCUT2D eigenvalue weighted by Crippen LogP contribution is -2.18. The topological polar surface area (TPSA) is 29.0 Å². The van der Waals surface area contributed by atoms with Crippen molar-refractivity contribution in [2.75, 3.05) is 18.0 Å². The highest BCUT2D eigenvalue weighted by atomic mass is 32.2. The standard InChI is InChI=1S/C16H16F3N3S/c17-16(18,19)13-5-3-12(4-6-13)10-23-15-9-14(20-11-21-15)22-7-1-2-8-22/h3-6,9,11H,1-2,7-8,10H2. The van der Waals surface area contributed by atoms with E-state index in [1.54, 1.807) is 6.33 Å². The summed E-state index contributed by atoms with van der Waals surface area (Å²) < 4.78 is 37.6. The maximum atomic E-state index is 12.5. The molecule has 1 aliphatic heterocycles. The smallest absolute Gasteiger partial charge is 0.356 e. The normalized spacial score (nSPS) is 15.2. The molecule has 3 nitrogen and oxygen atoms in total. The number of alkyl halides is 3. The van der Waals surface area contributed by atoms with Crippen molar-refractivity contribution < 1.29 is 13.2 Å². The molecule has 0 atom stereocenters. The number of nitrogens with zero attached hydrogens (tertiary/aromatic N) is 3. The maximum absolute atomic E-state index is 12.5. The maximum Gasteiger partial charge on any atom is 0.416 e. The summed E-state index contributed by atoms with van der Waals surface area (Å²) in [5.41, 5.74) is 0.217. The number of aromatic nitrogens is 2. The zero-order valence-electron chi connectivity index (χ0n) is 12.4. The van der Waals surface area contributed by atoms with E-state index in [1.807, 2.05) is 6.07 Å². The van der Waals surface area contributed by atoms with E-state index in [9.17, 15) is 13.2 Å². The minimum absolute atomic E-state index is 0.578. The van der Waals surface area contributed by atoms with Crippen molar-refractivity contribution in [2.45, 2.75) is 29.8 Å². The third kappa shape index (κ3) is 4.16. The van der Waals surface area contributed by atoms with Crippen LogP contribution < -0.4 is 4.90 Å². The van der Waals surface area contributed by atoms with Crippen molar-refractivity contribution >= 4 is 17.6 Å². The molecule has 2 heterocycles. The Bertz CT molecular complexity index is 652. The van der Waals surface area contributed by atoms with E-state index in [0.717, 1.165) is 41.6 Å². The van der Waals surface area contributed by atoms with Gasteiger partial charge in [0.2, 0.25) is 0 Å². The Hall–Kier alpha value is -1.76. The number of halogens is 3. The molecule has 0 amide bonds. The molecule has 1 saturated heterocycles. The molecule has 0 bridgehead atoms. The third-order valence-corrected chi connectivity index (χ3v) is 4.72. The average Bonchev–Trinajstić information content (AvgIpc) is 3.07. The lowest BCUT2D eigenvalue weighted by molar-refractivity contribution is -0.137. The lowest BCUT2D eigenvalue weighted by Gasteiger charge is -2.16. The van der Waals surface area contributed by atoms with Crippen LogP contribution in [0.3, 0.4) is 0 Å². The molecule has 0 N–H and O–H groups in total. The number of hydrogen-bond donors (Lipinski definition) is 0. The van der Waals surface area contributed by atoms with Crippen molar-refractivity contribution in [2.24, 2.45) is 0 Å². The van der Waals surface area contributed by atoms with E-state index in [1.165, 1.54) is 36.7 Å². The van der Waals surface area contributed by atoms with Crippen LogP contribution in [0.1, 0.15) is 24.0 Å². The molecule has 7 heteroatoms. The number of thioether (sulfide) groups is 1. The first-order valence-corrected chi connectivity index (χ1v) is 8.37. The first kappa shape index (κ1) is 16.1. The van der Waals surface area contributed by atoms with Crippen LogP contribution in [0.15, 0.2) is 41.7 Å². The first-order chi connectivity index (χ1) is 11.0. The zero-order valence-corrected chi connectivity index (χ0v) is 13.2. The Balaban J connectivity index is 1.63. The monoisotopic (exact) mass is 339 g/mol. The van der Waals surface area contributed by atoms with Gasteiger partial charge in [0.05, 0.1) is 5.56 Å². The molecular weight excluding hydrogens is 323 g/mol. The van der Waals surface area contributed by atoms with Crippen molar-refractivity contribution in [3.63, 3.8) is 0 Å². The molecule has 3 rings (SSSR count). The summed E-state index contributed by atoms with van der Waals surface area (Å²) in [6, 6.07) is 7.20. The van der Waals surface area contributed by atoms with Crippen LogP contribution >= 0.6 is 11.8 Å². The lowest BCUT2D eigenvalue weighted by atomic mass is 10.1. The second kappa shape index (κ2) is 6.78.